The van der Waals surface area contributed by atoms with E-state index in [9.17, 15) is 23.3 Å². The molecule has 2 aromatic carbocycles. The topological polar surface area (TPSA) is 218 Å². The minimum atomic E-state index is -4.23. The van der Waals surface area contributed by atoms with Gasteiger partial charge in [0.05, 0.1) is 9.92 Å². The third kappa shape index (κ3) is 6.98. The maximum Gasteiger partial charge on any atom is 0.275 e. The van der Waals surface area contributed by atoms with Crippen LogP contribution in [0.4, 0.5) is 5.69 Å². The van der Waals surface area contributed by atoms with Gasteiger partial charge in [0.1, 0.15) is 41.5 Å². The normalized spacial score (nSPS) is 11.6. The van der Waals surface area contributed by atoms with Crippen LogP contribution in [0.2, 0.25) is 5.02 Å². The predicted molar refractivity (Wildman–Crippen MR) is 144 cm³/mol. The summed E-state index contributed by atoms with van der Waals surface area (Å²) in [5, 5.41) is 12.8. The summed E-state index contributed by atoms with van der Waals surface area (Å²) in [5.74, 6) is -0.723. The fraction of sp³-hybridized carbons (Fsp3) is 0.167. The van der Waals surface area contributed by atoms with Crippen molar-refractivity contribution in [1.29, 1.82) is 5.26 Å². The van der Waals surface area contributed by atoms with Crippen LogP contribution in [0.25, 0.3) is 0 Å². The van der Waals surface area contributed by atoms with Gasteiger partial charge in [0.15, 0.2) is 0 Å². The number of halogens is 1. The number of sulfonamides is 1. The van der Waals surface area contributed by atoms with Crippen molar-refractivity contribution in [2.24, 2.45) is 22.4 Å². The fourth-order valence-corrected chi connectivity index (χ4v) is 4.77. The molecule has 0 fully saturated rings. The number of benzene rings is 2. The number of pyridine rings is 1. The molecule has 1 amide bonds. The Morgan fingerprint density at radius 1 is 1.15 bits per heavy atom. The summed E-state index contributed by atoms with van der Waals surface area (Å²) in [6, 6.07) is 13.5. The van der Waals surface area contributed by atoms with Gasteiger partial charge in [-0.25, -0.2) is 8.42 Å². The molecule has 0 saturated heterocycles. The number of carbonyl (C=O) groups excluding carboxylic acids is 1. The molecule has 0 radical (unpaired) electrons. The van der Waals surface area contributed by atoms with Gasteiger partial charge in [-0.05, 0) is 60.6 Å². The van der Waals surface area contributed by atoms with Crippen molar-refractivity contribution in [2.45, 2.75) is 24.3 Å². The maximum atomic E-state index is 13.2. The first-order valence-corrected chi connectivity index (χ1v) is 13.0. The molecule has 3 aromatic rings. The minimum absolute atomic E-state index is 0.0648. The second-order valence-corrected chi connectivity index (χ2v) is 10.1. The van der Waals surface area contributed by atoms with E-state index in [1.54, 1.807) is 25.1 Å². The number of aromatic nitrogens is 1. The van der Waals surface area contributed by atoms with Crippen molar-refractivity contribution in [3.8, 4) is 17.6 Å². The number of hydrogen-bond donors (Lipinski definition) is 4. The molecule has 0 saturated carbocycles. The first-order chi connectivity index (χ1) is 18.4. The number of nitrogens with two attached hydrogens (primary N) is 3. The summed E-state index contributed by atoms with van der Waals surface area (Å²) in [6.45, 7) is 1.41. The van der Waals surface area contributed by atoms with Gasteiger partial charge < -0.3 is 26.8 Å². The molecule has 1 heterocycles. The lowest BCUT2D eigenvalue weighted by molar-refractivity contribution is -0.121. The largest absolute Gasteiger partial charge is 0.456 e. The lowest BCUT2D eigenvalue weighted by Crippen LogP contribution is -2.37. The molecule has 204 valence electrons. The Balaban J connectivity index is 1.84. The molecular formula is C24H24ClN7O6S. The van der Waals surface area contributed by atoms with Gasteiger partial charge in [-0.1, -0.05) is 17.7 Å². The van der Waals surface area contributed by atoms with Crippen LogP contribution in [0.15, 0.2) is 69.4 Å². The fourth-order valence-electron chi connectivity index (χ4n) is 3.51. The SMILES string of the molecule is Cc1ccc(NS(=O)(=O)c2ccc(Oc3cccc(Cl)c3C#N)cc2)c(=O)n1C(CCON=C(N)N)C(N)=O. The second kappa shape index (κ2) is 12.2. The number of anilines is 1. The zero-order valence-electron chi connectivity index (χ0n) is 20.5. The number of hydrogen-bond acceptors (Lipinski definition) is 8. The number of amides is 1. The van der Waals surface area contributed by atoms with Crippen molar-refractivity contribution in [3.63, 3.8) is 0 Å². The van der Waals surface area contributed by atoms with Crippen LogP contribution in [-0.2, 0) is 19.7 Å². The van der Waals surface area contributed by atoms with E-state index in [2.05, 4.69) is 9.88 Å². The molecule has 0 spiro atoms. The third-order valence-corrected chi connectivity index (χ3v) is 7.00. The van der Waals surface area contributed by atoms with Crippen LogP contribution in [-0.4, -0.2) is 31.5 Å². The summed E-state index contributed by atoms with van der Waals surface area (Å²) in [4.78, 5) is 30.0. The summed E-state index contributed by atoms with van der Waals surface area (Å²) in [7, 11) is -4.23. The van der Waals surface area contributed by atoms with Crippen LogP contribution in [0.1, 0.15) is 23.7 Å². The number of carbonyl (C=O) groups is 1. The molecule has 1 atom stereocenters. The first-order valence-electron chi connectivity index (χ1n) is 11.2. The predicted octanol–water partition coefficient (Wildman–Crippen LogP) is 1.90. The zero-order chi connectivity index (χ0) is 28.7. The van der Waals surface area contributed by atoms with Gasteiger partial charge in [0.2, 0.25) is 11.9 Å². The Labute approximate surface area is 228 Å². The molecule has 15 heteroatoms. The Bertz CT molecular complexity index is 1610. The number of oxime groups is 1. The summed E-state index contributed by atoms with van der Waals surface area (Å²) in [5.41, 5.74) is 15.2. The molecule has 3 rings (SSSR count). The molecular weight excluding hydrogens is 550 g/mol. The average Bonchev–Trinajstić information content (AvgIpc) is 2.87. The number of ether oxygens (including phenoxy) is 1. The summed E-state index contributed by atoms with van der Waals surface area (Å²) >= 11 is 6.01. The van der Waals surface area contributed by atoms with Crippen molar-refractivity contribution in [2.75, 3.05) is 11.3 Å². The Hall–Kier alpha value is -4.74. The number of primary amides is 1. The number of nitriles is 1. The van der Waals surface area contributed by atoms with Crippen molar-refractivity contribution in [1.82, 2.24) is 4.57 Å². The summed E-state index contributed by atoms with van der Waals surface area (Å²) < 4.78 is 35.0. The summed E-state index contributed by atoms with van der Waals surface area (Å²) in [6.07, 6.45) is -0.0648. The van der Waals surface area contributed by atoms with Crippen LogP contribution in [0.3, 0.4) is 0 Å². The van der Waals surface area contributed by atoms with Crippen LogP contribution in [0, 0.1) is 18.3 Å². The smallest absolute Gasteiger partial charge is 0.275 e. The minimum Gasteiger partial charge on any atom is -0.456 e. The maximum absolute atomic E-state index is 13.2. The lowest BCUT2D eigenvalue weighted by atomic mass is 10.1. The average molecular weight is 574 g/mol. The quantitative estimate of drug-likeness (QED) is 0.114. The third-order valence-electron chi connectivity index (χ3n) is 5.31. The van der Waals surface area contributed by atoms with Gasteiger partial charge in [0.25, 0.3) is 15.6 Å². The van der Waals surface area contributed by atoms with Gasteiger partial charge in [0, 0.05) is 12.1 Å². The molecule has 0 aliphatic carbocycles. The van der Waals surface area contributed by atoms with Crippen molar-refractivity contribution < 1.29 is 22.8 Å². The number of nitrogens with one attached hydrogen (secondary N) is 1. The van der Waals surface area contributed by atoms with Crippen molar-refractivity contribution in [3.05, 3.63) is 81.2 Å². The van der Waals surface area contributed by atoms with E-state index in [1.807, 2.05) is 6.07 Å². The van der Waals surface area contributed by atoms with Crippen LogP contribution < -0.4 is 32.2 Å². The number of guanidine groups is 1. The van der Waals surface area contributed by atoms with E-state index in [0.717, 1.165) is 4.57 Å². The molecule has 7 N–H and O–H groups in total. The van der Waals surface area contributed by atoms with Gasteiger partial charge >= 0.3 is 0 Å². The van der Waals surface area contributed by atoms with E-state index in [-0.39, 0.29) is 51.7 Å². The Kier molecular flexibility index (Phi) is 9.02. The molecule has 1 unspecified atom stereocenters. The molecule has 0 aliphatic heterocycles. The first kappa shape index (κ1) is 28.8. The van der Waals surface area contributed by atoms with Gasteiger partial charge in [-0.3, -0.25) is 18.9 Å². The standard InChI is InChI=1S/C24H24ClN7O6S/c1-14-5-10-19(23(34)32(14)20(22(27)33)11-12-37-30-24(28)29)31-39(35,36)16-8-6-15(7-9-16)38-21-4-2-3-18(25)17(21)13-26/h2-10,20,31H,11-12H2,1H3,(H2,27,33)(H4,28,29,30). The highest BCUT2D eigenvalue weighted by Crippen LogP contribution is 2.30. The van der Waals surface area contributed by atoms with E-state index < -0.39 is 27.5 Å². The lowest BCUT2D eigenvalue weighted by Gasteiger charge is -2.20. The molecule has 1 aromatic heterocycles. The molecule has 39 heavy (non-hydrogen) atoms. The molecule has 0 aliphatic rings. The van der Waals surface area contributed by atoms with E-state index >= 15 is 0 Å². The van der Waals surface area contributed by atoms with Gasteiger partial charge in [-0.15, -0.1) is 0 Å². The molecule has 13 nitrogen and oxygen atoms in total. The Morgan fingerprint density at radius 3 is 2.46 bits per heavy atom. The van der Waals surface area contributed by atoms with E-state index in [4.69, 9.17) is 38.4 Å². The molecule has 0 bridgehead atoms. The Morgan fingerprint density at radius 2 is 1.85 bits per heavy atom. The van der Waals surface area contributed by atoms with Crippen LogP contribution >= 0.6 is 11.6 Å². The van der Waals surface area contributed by atoms with Gasteiger partial charge in [-0.2, -0.15) is 5.26 Å². The number of rotatable bonds is 11. The van der Waals surface area contributed by atoms with E-state index in [0.29, 0.717) is 5.69 Å². The second-order valence-electron chi connectivity index (χ2n) is 8.02. The number of nitrogens with zero attached hydrogens (tertiary/aromatic N) is 3. The highest BCUT2D eigenvalue weighted by atomic mass is 35.5. The zero-order valence-corrected chi connectivity index (χ0v) is 22.1. The highest BCUT2D eigenvalue weighted by Gasteiger charge is 2.24. The van der Waals surface area contributed by atoms with Crippen LogP contribution in [0.5, 0.6) is 11.5 Å². The number of aryl methyl sites for hydroxylation is 1. The van der Waals surface area contributed by atoms with E-state index in [1.165, 1.54) is 36.4 Å². The highest BCUT2D eigenvalue weighted by molar-refractivity contribution is 7.92. The monoisotopic (exact) mass is 573 g/mol. The van der Waals surface area contributed by atoms with Crippen molar-refractivity contribution >= 4 is 39.2 Å².